The van der Waals surface area contributed by atoms with E-state index in [1.54, 1.807) is 13.8 Å². The molecule has 0 atom stereocenters. The summed E-state index contributed by atoms with van der Waals surface area (Å²) in [6.07, 6.45) is 0. The SMILES string of the molecule is CNC(=O)C(C)(C)CNC(=O)NCC(C)(C)C(=O)O. The largest absolute Gasteiger partial charge is 0.481 e. The molecule has 0 radical (unpaired) electrons. The fraction of sp³-hybridized carbons (Fsp3) is 0.750. The average Bonchev–Trinajstić information content (AvgIpc) is 2.32. The van der Waals surface area contributed by atoms with Gasteiger partial charge in [0.15, 0.2) is 0 Å². The number of hydrogen-bond acceptors (Lipinski definition) is 3. The highest BCUT2D eigenvalue weighted by Crippen LogP contribution is 2.14. The summed E-state index contributed by atoms with van der Waals surface area (Å²) in [4.78, 5) is 33.9. The second kappa shape index (κ2) is 6.40. The first-order chi connectivity index (χ1) is 8.53. The van der Waals surface area contributed by atoms with E-state index in [-0.39, 0.29) is 19.0 Å². The number of carbonyl (C=O) groups is 3. The van der Waals surface area contributed by atoms with Gasteiger partial charge in [-0.15, -0.1) is 0 Å². The summed E-state index contributed by atoms with van der Waals surface area (Å²) >= 11 is 0. The van der Waals surface area contributed by atoms with E-state index in [4.69, 9.17) is 5.11 Å². The zero-order valence-electron chi connectivity index (χ0n) is 12.1. The number of amides is 3. The molecule has 0 unspecified atom stereocenters. The lowest BCUT2D eigenvalue weighted by Gasteiger charge is -2.24. The monoisotopic (exact) mass is 273 g/mol. The molecule has 7 heteroatoms. The first-order valence-electron chi connectivity index (χ1n) is 6.00. The summed E-state index contributed by atoms with van der Waals surface area (Å²) < 4.78 is 0. The lowest BCUT2D eigenvalue weighted by atomic mass is 9.92. The van der Waals surface area contributed by atoms with Crippen LogP contribution in [-0.4, -0.2) is 43.2 Å². The van der Waals surface area contributed by atoms with Gasteiger partial charge in [-0.2, -0.15) is 0 Å². The quantitative estimate of drug-likeness (QED) is 0.553. The summed E-state index contributed by atoms with van der Waals surface area (Å²) in [6, 6.07) is -0.494. The Balaban J connectivity index is 4.21. The molecule has 0 aliphatic carbocycles. The molecular formula is C12H23N3O4. The number of carboxylic acids is 1. The van der Waals surface area contributed by atoms with Crippen LogP contribution in [0.3, 0.4) is 0 Å². The summed E-state index contributed by atoms with van der Waals surface area (Å²) in [5.41, 5.74) is -1.76. The van der Waals surface area contributed by atoms with Crippen LogP contribution in [-0.2, 0) is 9.59 Å². The molecule has 7 nitrogen and oxygen atoms in total. The molecule has 19 heavy (non-hydrogen) atoms. The third kappa shape index (κ3) is 5.58. The van der Waals surface area contributed by atoms with Crippen molar-refractivity contribution in [1.29, 1.82) is 0 Å². The van der Waals surface area contributed by atoms with Gasteiger partial charge in [0.25, 0.3) is 0 Å². The van der Waals surface area contributed by atoms with E-state index in [0.717, 1.165) is 0 Å². The van der Waals surface area contributed by atoms with Crippen molar-refractivity contribution < 1.29 is 19.5 Å². The van der Waals surface area contributed by atoms with Crippen LogP contribution in [0, 0.1) is 10.8 Å². The van der Waals surface area contributed by atoms with Crippen molar-refractivity contribution in [2.75, 3.05) is 20.1 Å². The lowest BCUT2D eigenvalue weighted by molar-refractivity contribution is -0.146. The van der Waals surface area contributed by atoms with Crippen molar-refractivity contribution in [1.82, 2.24) is 16.0 Å². The van der Waals surface area contributed by atoms with Crippen LogP contribution in [0.15, 0.2) is 0 Å². The fourth-order valence-corrected chi connectivity index (χ4v) is 1.16. The number of urea groups is 1. The summed E-state index contributed by atoms with van der Waals surface area (Å²) in [7, 11) is 1.53. The molecule has 0 saturated heterocycles. The molecule has 110 valence electrons. The van der Waals surface area contributed by atoms with Crippen molar-refractivity contribution in [3.63, 3.8) is 0 Å². The third-order valence-corrected chi connectivity index (χ3v) is 2.80. The Morgan fingerprint density at radius 3 is 1.74 bits per heavy atom. The van der Waals surface area contributed by atoms with E-state index in [9.17, 15) is 14.4 Å². The van der Waals surface area contributed by atoms with Gasteiger partial charge in [-0.1, -0.05) is 0 Å². The van der Waals surface area contributed by atoms with Crippen molar-refractivity contribution in [2.24, 2.45) is 10.8 Å². The van der Waals surface area contributed by atoms with Crippen molar-refractivity contribution in [3.8, 4) is 0 Å². The molecule has 0 aromatic carbocycles. The third-order valence-electron chi connectivity index (χ3n) is 2.80. The van der Waals surface area contributed by atoms with Gasteiger partial charge in [-0.05, 0) is 27.7 Å². The van der Waals surface area contributed by atoms with Crippen LogP contribution in [0.5, 0.6) is 0 Å². The minimum absolute atomic E-state index is 0.00850. The molecule has 0 aromatic rings. The summed E-state index contributed by atoms with van der Waals surface area (Å²) in [5.74, 6) is -1.17. The van der Waals surface area contributed by atoms with Crippen LogP contribution in [0.2, 0.25) is 0 Å². The minimum Gasteiger partial charge on any atom is -0.481 e. The Labute approximate surface area is 113 Å². The van der Waals surface area contributed by atoms with Crippen LogP contribution in [0.1, 0.15) is 27.7 Å². The van der Waals surface area contributed by atoms with Gasteiger partial charge >= 0.3 is 12.0 Å². The molecule has 0 bridgehead atoms. The van der Waals surface area contributed by atoms with Crippen LogP contribution >= 0.6 is 0 Å². The van der Waals surface area contributed by atoms with E-state index in [0.29, 0.717) is 0 Å². The highest BCUT2D eigenvalue weighted by molar-refractivity contribution is 5.83. The second-order valence-electron chi connectivity index (χ2n) is 5.69. The smallest absolute Gasteiger partial charge is 0.314 e. The number of aliphatic carboxylic acids is 1. The molecule has 3 amide bonds. The highest BCUT2D eigenvalue weighted by Gasteiger charge is 2.29. The number of carboxylic acid groups (broad SMARTS) is 1. The van der Waals surface area contributed by atoms with Gasteiger partial charge in [0.05, 0.1) is 10.8 Å². The molecule has 0 spiro atoms. The van der Waals surface area contributed by atoms with E-state index in [1.807, 2.05) is 0 Å². The predicted octanol–water partition coefficient (Wildman–Crippen LogP) is 0.169. The van der Waals surface area contributed by atoms with Gasteiger partial charge in [0.1, 0.15) is 0 Å². The van der Waals surface area contributed by atoms with E-state index >= 15 is 0 Å². The predicted molar refractivity (Wildman–Crippen MR) is 70.7 cm³/mol. The average molecular weight is 273 g/mol. The Kier molecular flexibility index (Phi) is 5.80. The van der Waals surface area contributed by atoms with Gasteiger partial charge in [-0.3, -0.25) is 9.59 Å². The number of hydrogen-bond donors (Lipinski definition) is 4. The first kappa shape index (κ1) is 17.2. The standard InChI is InChI=1S/C12H23N3O4/c1-11(2,8(16)13-5)6-14-10(19)15-7-12(3,4)9(17)18/h6-7H2,1-5H3,(H,13,16)(H,17,18)(H2,14,15,19). The molecule has 0 aliphatic rings. The van der Waals surface area contributed by atoms with E-state index in [1.165, 1.54) is 20.9 Å². The molecular weight excluding hydrogens is 250 g/mol. The van der Waals surface area contributed by atoms with Crippen LogP contribution in [0.25, 0.3) is 0 Å². The fourth-order valence-electron chi connectivity index (χ4n) is 1.16. The zero-order valence-corrected chi connectivity index (χ0v) is 12.1. The van der Waals surface area contributed by atoms with E-state index < -0.39 is 22.8 Å². The Morgan fingerprint density at radius 1 is 0.947 bits per heavy atom. The molecule has 0 fully saturated rings. The Bertz CT molecular complexity index is 364. The summed E-state index contributed by atoms with van der Waals surface area (Å²) in [5, 5.41) is 16.4. The molecule has 0 aliphatic heterocycles. The Hall–Kier alpha value is -1.79. The van der Waals surface area contributed by atoms with Gasteiger partial charge in [-0.25, -0.2) is 4.79 Å². The van der Waals surface area contributed by atoms with E-state index in [2.05, 4.69) is 16.0 Å². The maximum absolute atomic E-state index is 11.5. The maximum Gasteiger partial charge on any atom is 0.314 e. The van der Waals surface area contributed by atoms with Crippen molar-refractivity contribution in [3.05, 3.63) is 0 Å². The normalized spacial score (nSPS) is 11.6. The topological polar surface area (TPSA) is 108 Å². The lowest BCUT2D eigenvalue weighted by Crippen LogP contribution is -2.48. The molecule has 0 rings (SSSR count). The van der Waals surface area contributed by atoms with Gasteiger partial charge in [0.2, 0.25) is 5.91 Å². The van der Waals surface area contributed by atoms with Crippen molar-refractivity contribution >= 4 is 17.9 Å². The second-order valence-corrected chi connectivity index (χ2v) is 5.69. The van der Waals surface area contributed by atoms with Gasteiger partial charge < -0.3 is 21.1 Å². The summed E-state index contributed by atoms with van der Waals surface area (Å²) in [6.45, 7) is 6.61. The minimum atomic E-state index is -1.03. The van der Waals surface area contributed by atoms with Gasteiger partial charge in [0, 0.05) is 20.1 Å². The highest BCUT2D eigenvalue weighted by atomic mass is 16.4. The molecule has 0 aromatic heterocycles. The zero-order chi connectivity index (χ0) is 15.3. The molecule has 0 saturated carbocycles. The van der Waals surface area contributed by atoms with Crippen LogP contribution in [0.4, 0.5) is 4.79 Å². The Morgan fingerprint density at radius 2 is 1.37 bits per heavy atom. The number of carbonyl (C=O) groups excluding carboxylic acids is 2. The molecule has 0 heterocycles. The number of nitrogens with one attached hydrogen (secondary N) is 3. The molecule has 4 N–H and O–H groups in total. The van der Waals surface area contributed by atoms with Crippen molar-refractivity contribution in [2.45, 2.75) is 27.7 Å². The maximum atomic E-state index is 11.5. The van der Waals surface area contributed by atoms with Crippen LogP contribution < -0.4 is 16.0 Å². The number of rotatable bonds is 6. The first-order valence-corrected chi connectivity index (χ1v) is 6.00.